The van der Waals surface area contributed by atoms with Crippen LogP contribution >= 0.6 is 0 Å². The number of aromatic amines is 1. The number of H-pyrrole nitrogens is 1. The van der Waals surface area contributed by atoms with Crippen LogP contribution in [0.4, 0.5) is 10.1 Å². The van der Waals surface area contributed by atoms with Gasteiger partial charge in [0.05, 0.1) is 11.9 Å². The van der Waals surface area contributed by atoms with Gasteiger partial charge in [-0.15, -0.1) is 0 Å². The first-order valence-electron chi connectivity index (χ1n) is 8.82. The Balaban J connectivity index is 1.58. The number of halogens is 1. The molecule has 0 saturated carbocycles. The van der Waals surface area contributed by atoms with Gasteiger partial charge in [-0.25, -0.2) is 4.39 Å². The number of hydrogen-bond acceptors (Lipinski definition) is 2. The highest BCUT2D eigenvalue weighted by Gasteiger charge is 2.16. The topological polar surface area (TPSA) is 62.0 Å². The Bertz CT molecular complexity index is 1040. The van der Waals surface area contributed by atoms with Crippen molar-refractivity contribution in [2.45, 2.75) is 32.1 Å². The minimum Gasteiger partial charge on any atom is -0.326 e. The van der Waals surface area contributed by atoms with Crippen LogP contribution in [0.2, 0.25) is 0 Å². The lowest BCUT2D eigenvalue weighted by atomic mass is 9.90. The van der Waals surface area contributed by atoms with Crippen molar-refractivity contribution in [3.63, 3.8) is 0 Å². The van der Waals surface area contributed by atoms with Crippen molar-refractivity contribution in [1.82, 2.24) is 4.98 Å². The molecule has 4 rings (SSSR count). The molecule has 1 amide bonds. The molecule has 0 bridgehead atoms. The molecule has 0 fully saturated rings. The Morgan fingerprint density at radius 1 is 1.04 bits per heavy atom. The van der Waals surface area contributed by atoms with Gasteiger partial charge >= 0.3 is 0 Å². The third-order valence-corrected chi connectivity index (χ3v) is 4.90. The number of nitrogens with one attached hydrogen (secondary N) is 2. The molecule has 0 aliphatic heterocycles. The molecule has 4 nitrogen and oxygen atoms in total. The second-order valence-electron chi connectivity index (χ2n) is 6.73. The van der Waals surface area contributed by atoms with Gasteiger partial charge in [-0.05, 0) is 61.1 Å². The quantitative estimate of drug-likeness (QED) is 0.756. The van der Waals surface area contributed by atoms with E-state index < -0.39 is 0 Å². The Morgan fingerprint density at radius 3 is 2.54 bits per heavy atom. The molecule has 0 spiro atoms. The number of rotatable bonds is 3. The Hall–Kier alpha value is -2.95. The predicted molar refractivity (Wildman–Crippen MR) is 99.9 cm³/mol. The second-order valence-corrected chi connectivity index (χ2v) is 6.73. The molecule has 0 atom stereocenters. The van der Waals surface area contributed by atoms with Gasteiger partial charge in [0.15, 0.2) is 0 Å². The van der Waals surface area contributed by atoms with Crippen molar-refractivity contribution < 1.29 is 9.18 Å². The smallest absolute Gasteiger partial charge is 0.251 e. The SMILES string of the molecule is O=C(Cc1ccc(F)cc1)Nc1ccc2c3c(c(=O)[nH]c2c1)CCCC3. The molecule has 1 aliphatic carbocycles. The number of pyridine rings is 1. The summed E-state index contributed by atoms with van der Waals surface area (Å²) >= 11 is 0. The van der Waals surface area contributed by atoms with Crippen molar-refractivity contribution in [3.05, 3.63) is 75.3 Å². The van der Waals surface area contributed by atoms with Gasteiger partial charge in [-0.2, -0.15) is 0 Å². The van der Waals surface area contributed by atoms with E-state index in [1.54, 1.807) is 18.2 Å². The molecule has 5 heteroatoms. The van der Waals surface area contributed by atoms with Gasteiger partial charge in [0, 0.05) is 16.6 Å². The van der Waals surface area contributed by atoms with E-state index in [1.807, 2.05) is 12.1 Å². The van der Waals surface area contributed by atoms with Gasteiger partial charge in [-0.3, -0.25) is 9.59 Å². The molecular formula is C21H19FN2O2. The molecule has 2 aromatic carbocycles. The molecule has 2 N–H and O–H groups in total. The average molecular weight is 350 g/mol. The fourth-order valence-corrected chi connectivity index (χ4v) is 3.63. The third kappa shape index (κ3) is 3.25. The zero-order valence-electron chi connectivity index (χ0n) is 14.3. The van der Waals surface area contributed by atoms with Crippen LogP contribution in [0.1, 0.15) is 29.5 Å². The summed E-state index contributed by atoms with van der Waals surface area (Å²) in [6.45, 7) is 0. The van der Waals surface area contributed by atoms with E-state index >= 15 is 0 Å². The number of aromatic nitrogens is 1. The van der Waals surface area contributed by atoms with Gasteiger partial charge in [0.2, 0.25) is 5.91 Å². The van der Waals surface area contributed by atoms with Crippen LogP contribution in [-0.4, -0.2) is 10.9 Å². The summed E-state index contributed by atoms with van der Waals surface area (Å²) in [5.41, 5.74) is 4.14. The summed E-state index contributed by atoms with van der Waals surface area (Å²) in [5, 5.41) is 3.89. The molecule has 132 valence electrons. The van der Waals surface area contributed by atoms with Crippen molar-refractivity contribution in [3.8, 4) is 0 Å². The summed E-state index contributed by atoms with van der Waals surface area (Å²) < 4.78 is 12.9. The summed E-state index contributed by atoms with van der Waals surface area (Å²) in [5.74, 6) is -0.507. The Kier molecular flexibility index (Phi) is 4.29. The number of anilines is 1. The molecule has 0 radical (unpaired) electrons. The lowest BCUT2D eigenvalue weighted by Crippen LogP contribution is -2.19. The number of carbonyl (C=O) groups excluding carboxylic acids is 1. The highest BCUT2D eigenvalue weighted by molar-refractivity contribution is 5.95. The van der Waals surface area contributed by atoms with Crippen LogP contribution in [0, 0.1) is 5.82 Å². The number of benzene rings is 2. The van der Waals surface area contributed by atoms with E-state index in [0.29, 0.717) is 5.69 Å². The molecule has 1 aliphatic rings. The van der Waals surface area contributed by atoms with Crippen molar-refractivity contribution >= 4 is 22.5 Å². The zero-order chi connectivity index (χ0) is 18.1. The maximum Gasteiger partial charge on any atom is 0.251 e. The summed E-state index contributed by atoms with van der Waals surface area (Å²) in [6, 6.07) is 11.5. The Labute approximate surface area is 150 Å². The van der Waals surface area contributed by atoms with Crippen LogP contribution < -0.4 is 10.9 Å². The standard InChI is InChI=1S/C21H19FN2O2/c22-14-7-5-13(6-8-14)11-20(25)23-15-9-10-17-16-3-1-2-4-18(16)21(26)24-19(17)12-15/h5-10,12H,1-4,11H2,(H,23,25)(H,24,26). The fraction of sp³-hybridized carbons (Fsp3) is 0.238. The molecule has 26 heavy (non-hydrogen) atoms. The zero-order valence-corrected chi connectivity index (χ0v) is 14.3. The maximum atomic E-state index is 12.9. The van der Waals surface area contributed by atoms with Gasteiger partial charge in [0.1, 0.15) is 5.82 Å². The van der Waals surface area contributed by atoms with E-state index in [-0.39, 0.29) is 23.7 Å². The lowest BCUT2D eigenvalue weighted by molar-refractivity contribution is -0.115. The molecular weight excluding hydrogens is 331 g/mol. The first kappa shape index (κ1) is 16.5. The van der Waals surface area contributed by atoms with Crippen molar-refractivity contribution in [2.75, 3.05) is 5.32 Å². The first-order valence-corrected chi connectivity index (χ1v) is 8.82. The number of aryl methyl sites for hydroxylation is 1. The number of fused-ring (bicyclic) bond motifs is 3. The van der Waals surface area contributed by atoms with Crippen LogP contribution in [0.3, 0.4) is 0 Å². The largest absolute Gasteiger partial charge is 0.326 e. The molecule has 0 unspecified atom stereocenters. The van der Waals surface area contributed by atoms with Crippen molar-refractivity contribution in [1.29, 1.82) is 0 Å². The maximum absolute atomic E-state index is 12.9. The summed E-state index contributed by atoms with van der Waals surface area (Å²) in [4.78, 5) is 27.5. The van der Waals surface area contributed by atoms with Gasteiger partial charge < -0.3 is 10.3 Å². The molecule has 0 saturated heterocycles. The van der Waals surface area contributed by atoms with Crippen LogP contribution in [0.25, 0.3) is 10.9 Å². The highest BCUT2D eigenvalue weighted by atomic mass is 19.1. The first-order chi connectivity index (χ1) is 12.6. The number of carbonyl (C=O) groups is 1. The Morgan fingerprint density at radius 2 is 1.77 bits per heavy atom. The van der Waals surface area contributed by atoms with Crippen LogP contribution in [0.15, 0.2) is 47.3 Å². The van der Waals surface area contributed by atoms with E-state index in [1.165, 1.54) is 12.1 Å². The van der Waals surface area contributed by atoms with E-state index in [9.17, 15) is 14.0 Å². The van der Waals surface area contributed by atoms with E-state index in [0.717, 1.165) is 53.3 Å². The predicted octanol–water partition coefficient (Wildman–Crippen LogP) is 3.73. The van der Waals surface area contributed by atoms with Gasteiger partial charge in [-0.1, -0.05) is 18.2 Å². The summed E-state index contributed by atoms with van der Waals surface area (Å²) in [6.07, 6.45) is 4.07. The molecule has 3 aromatic rings. The fourth-order valence-electron chi connectivity index (χ4n) is 3.63. The second kappa shape index (κ2) is 6.75. The van der Waals surface area contributed by atoms with Crippen molar-refractivity contribution in [2.24, 2.45) is 0 Å². The monoisotopic (exact) mass is 350 g/mol. The highest BCUT2D eigenvalue weighted by Crippen LogP contribution is 2.27. The van der Waals surface area contributed by atoms with E-state index in [2.05, 4.69) is 10.3 Å². The normalized spacial score (nSPS) is 13.4. The van der Waals surface area contributed by atoms with Gasteiger partial charge in [0.25, 0.3) is 5.56 Å². The van der Waals surface area contributed by atoms with Crippen LogP contribution in [-0.2, 0) is 24.1 Å². The number of hydrogen-bond donors (Lipinski definition) is 2. The number of amides is 1. The lowest BCUT2D eigenvalue weighted by Gasteiger charge is -2.17. The minimum absolute atomic E-state index is 0.0259. The average Bonchev–Trinajstić information content (AvgIpc) is 2.64. The summed E-state index contributed by atoms with van der Waals surface area (Å²) in [7, 11) is 0. The molecule has 1 aromatic heterocycles. The third-order valence-electron chi connectivity index (χ3n) is 4.90. The molecule has 1 heterocycles. The van der Waals surface area contributed by atoms with E-state index in [4.69, 9.17) is 0 Å². The van der Waals surface area contributed by atoms with Crippen LogP contribution in [0.5, 0.6) is 0 Å². The minimum atomic E-state index is -0.323.